The molecule has 120 valence electrons. The summed E-state index contributed by atoms with van der Waals surface area (Å²) in [7, 11) is -2.38. The molecule has 1 fully saturated rings. The molecule has 2 rings (SSSR count). The minimum Gasteiger partial charge on any atom is -0.319 e. The predicted octanol–water partition coefficient (Wildman–Crippen LogP) is 1.76. The third kappa shape index (κ3) is 3.68. The van der Waals surface area contributed by atoms with Crippen LogP contribution in [0.5, 0.6) is 0 Å². The minimum absolute atomic E-state index is 0. The van der Waals surface area contributed by atoms with Gasteiger partial charge in [0.1, 0.15) is 10.7 Å². The van der Waals surface area contributed by atoms with Crippen LogP contribution in [-0.2, 0) is 10.0 Å². The Hall–Kier alpha value is -0.830. The molecule has 1 saturated heterocycles. The predicted molar refractivity (Wildman–Crippen MR) is 74.4 cm³/mol. The molecule has 1 aromatic rings. The van der Waals surface area contributed by atoms with Crippen LogP contribution in [-0.4, -0.2) is 39.4 Å². The van der Waals surface area contributed by atoms with Crippen molar-refractivity contribution in [3.05, 3.63) is 29.6 Å². The van der Waals surface area contributed by atoms with Gasteiger partial charge in [-0.15, -0.1) is 12.4 Å². The molecule has 1 aliphatic rings. The Morgan fingerprint density at radius 2 is 1.86 bits per heavy atom. The standard InChI is InChI=1S/C12H15F3N2O2S.ClH/c1-16-6-8-2-3-17(7-8)20(18,19)12-5-10(14)9(13)4-11(12)15;/h4-5,8,16H,2-3,6-7H2,1H3;1H. The van der Waals surface area contributed by atoms with Gasteiger partial charge in [0, 0.05) is 19.2 Å². The Kier molecular flexibility index (Phi) is 6.03. The third-order valence-corrected chi connectivity index (χ3v) is 5.21. The molecule has 1 unspecified atom stereocenters. The number of hydrogen-bond acceptors (Lipinski definition) is 3. The highest BCUT2D eigenvalue weighted by atomic mass is 35.5. The van der Waals surface area contributed by atoms with Crippen LogP contribution in [0.2, 0.25) is 0 Å². The molecule has 0 aliphatic carbocycles. The number of halogens is 4. The summed E-state index contributed by atoms with van der Waals surface area (Å²) in [4.78, 5) is -0.818. The van der Waals surface area contributed by atoms with E-state index in [-0.39, 0.29) is 37.5 Å². The van der Waals surface area contributed by atoms with Gasteiger partial charge < -0.3 is 5.32 Å². The second-order valence-electron chi connectivity index (χ2n) is 4.77. The molecule has 0 bridgehead atoms. The first-order chi connectivity index (χ1) is 9.36. The van der Waals surface area contributed by atoms with Gasteiger partial charge in [0.25, 0.3) is 0 Å². The van der Waals surface area contributed by atoms with Gasteiger partial charge in [-0.2, -0.15) is 4.31 Å². The van der Waals surface area contributed by atoms with Gasteiger partial charge in [0.15, 0.2) is 11.6 Å². The van der Waals surface area contributed by atoms with E-state index >= 15 is 0 Å². The number of hydrogen-bond donors (Lipinski definition) is 1. The number of nitrogens with zero attached hydrogens (tertiary/aromatic N) is 1. The molecule has 0 amide bonds. The van der Waals surface area contributed by atoms with E-state index in [1.807, 2.05) is 0 Å². The molecule has 9 heteroatoms. The zero-order valence-electron chi connectivity index (χ0n) is 11.3. The largest absolute Gasteiger partial charge is 0.319 e. The first-order valence-electron chi connectivity index (χ1n) is 6.15. The molecule has 21 heavy (non-hydrogen) atoms. The maximum Gasteiger partial charge on any atom is 0.246 e. The van der Waals surface area contributed by atoms with Crippen LogP contribution in [0.3, 0.4) is 0 Å². The van der Waals surface area contributed by atoms with Crippen molar-refractivity contribution in [2.45, 2.75) is 11.3 Å². The van der Waals surface area contributed by atoms with Gasteiger partial charge in [-0.25, -0.2) is 21.6 Å². The van der Waals surface area contributed by atoms with Gasteiger partial charge in [0.2, 0.25) is 10.0 Å². The quantitative estimate of drug-likeness (QED) is 0.847. The lowest BCUT2D eigenvalue weighted by Crippen LogP contribution is -2.31. The summed E-state index contributed by atoms with van der Waals surface area (Å²) in [6, 6.07) is 0.648. The Bertz CT molecular complexity index is 613. The third-order valence-electron chi connectivity index (χ3n) is 3.33. The van der Waals surface area contributed by atoms with Crippen LogP contribution in [0, 0.1) is 23.4 Å². The molecule has 0 radical (unpaired) electrons. The number of sulfonamides is 1. The van der Waals surface area contributed by atoms with Crippen molar-refractivity contribution in [3.63, 3.8) is 0 Å². The molecule has 4 nitrogen and oxygen atoms in total. The lowest BCUT2D eigenvalue weighted by Gasteiger charge is -2.17. The molecule has 1 atom stereocenters. The minimum atomic E-state index is -4.14. The molecule has 1 aromatic carbocycles. The topological polar surface area (TPSA) is 49.4 Å². The molecular formula is C12H16ClF3N2O2S. The van der Waals surface area contributed by atoms with Crippen molar-refractivity contribution in [3.8, 4) is 0 Å². The monoisotopic (exact) mass is 344 g/mol. The maximum absolute atomic E-state index is 13.6. The zero-order valence-corrected chi connectivity index (χ0v) is 12.9. The van der Waals surface area contributed by atoms with E-state index in [4.69, 9.17) is 0 Å². The number of benzene rings is 1. The summed E-state index contributed by atoms with van der Waals surface area (Å²) >= 11 is 0. The summed E-state index contributed by atoms with van der Waals surface area (Å²) in [5.74, 6) is -3.93. The van der Waals surface area contributed by atoms with Crippen LogP contribution in [0.15, 0.2) is 17.0 Å². The van der Waals surface area contributed by atoms with Crippen molar-refractivity contribution in [2.75, 3.05) is 26.7 Å². The lowest BCUT2D eigenvalue weighted by molar-refractivity contribution is 0.440. The molecule has 0 aromatic heterocycles. The maximum atomic E-state index is 13.6. The Morgan fingerprint density at radius 1 is 1.24 bits per heavy atom. The highest BCUT2D eigenvalue weighted by Gasteiger charge is 2.34. The van der Waals surface area contributed by atoms with E-state index in [1.54, 1.807) is 7.05 Å². The van der Waals surface area contributed by atoms with Gasteiger partial charge >= 0.3 is 0 Å². The van der Waals surface area contributed by atoms with E-state index in [0.29, 0.717) is 19.0 Å². The Morgan fingerprint density at radius 3 is 2.48 bits per heavy atom. The van der Waals surface area contributed by atoms with E-state index in [1.165, 1.54) is 0 Å². The van der Waals surface area contributed by atoms with E-state index in [0.717, 1.165) is 4.31 Å². The highest BCUT2D eigenvalue weighted by Crippen LogP contribution is 2.27. The molecule has 1 aliphatic heterocycles. The molecule has 0 saturated carbocycles. The van der Waals surface area contributed by atoms with Crippen LogP contribution in [0.4, 0.5) is 13.2 Å². The normalized spacial score (nSPS) is 19.5. The average molecular weight is 345 g/mol. The second kappa shape index (κ2) is 6.95. The molecule has 1 N–H and O–H groups in total. The van der Waals surface area contributed by atoms with Crippen molar-refractivity contribution < 1.29 is 21.6 Å². The van der Waals surface area contributed by atoms with Crippen LogP contribution < -0.4 is 5.32 Å². The average Bonchev–Trinajstić information content (AvgIpc) is 2.83. The van der Waals surface area contributed by atoms with Crippen molar-refractivity contribution in [2.24, 2.45) is 5.92 Å². The fourth-order valence-corrected chi connectivity index (χ4v) is 3.90. The lowest BCUT2D eigenvalue weighted by atomic mass is 10.1. The second-order valence-corrected chi connectivity index (χ2v) is 6.68. The van der Waals surface area contributed by atoms with Gasteiger partial charge in [0.05, 0.1) is 0 Å². The highest BCUT2D eigenvalue weighted by molar-refractivity contribution is 7.89. The molecule has 0 spiro atoms. The zero-order chi connectivity index (χ0) is 14.9. The van der Waals surface area contributed by atoms with Gasteiger partial charge in [-0.1, -0.05) is 0 Å². The Labute approximate surface area is 127 Å². The first-order valence-corrected chi connectivity index (χ1v) is 7.59. The van der Waals surface area contributed by atoms with Crippen molar-refractivity contribution in [1.82, 2.24) is 9.62 Å². The van der Waals surface area contributed by atoms with Crippen LogP contribution >= 0.6 is 12.4 Å². The summed E-state index contributed by atoms with van der Waals surface area (Å²) in [5, 5.41) is 2.94. The summed E-state index contributed by atoms with van der Waals surface area (Å²) in [6.45, 7) is 1.13. The summed E-state index contributed by atoms with van der Waals surface area (Å²) in [5.41, 5.74) is 0. The summed E-state index contributed by atoms with van der Waals surface area (Å²) in [6.07, 6.45) is 0.644. The number of rotatable bonds is 4. The Balaban J connectivity index is 0.00000220. The first kappa shape index (κ1) is 18.2. The molecule has 1 heterocycles. The fraction of sp³-hybridized carbons (Fsp3) is 0.500. The van der Waals surface area contributed by atoms with Crippen molar-refractivity contribution in [1.29, 1.82) is 0 Å². The SMILES string of the molecule is CNCC1CCN(S(=O)(=O)c2cc(F)c(F)cc2F)C1.Cl. The van der Waals surface area contributed by atoms with Crippen molar-refractivity contribution >= 4 is 22.4 Å². The van der Waals surface area contributed by atoms with Gasteiger partial charge in [-0.3, -0.25) is 0 Å². The fourth-order valence-electron chi connectivity index (χ4n) is 2.31. The van der Waals surface area contributed by atoms with Crippen LogP contribution in [0.25, 0.3) is 0 Å². The number of nitrogens with one attached hydrogen (secondary N) is 1. The van der Waals surface area contributed by atoms with Gasteiger partial charge in [-0.05, 0) is 32.0 Å². The van der Waals surface area contributed by atoms with E-state index < -0.39 is 32.4 Å². The summed E-state index contributed by atoms with van der Waals surface area (Å²) < 4.78 is 65.2. The van der Waals surface area contributed by atoms with Crippen LogP contribution in [0.1, 0.15) is 6.42 Å². The van der Waals surface area contributed by atoms with E-state index in [2.05, 4.69) is 5.32 Å². The van der Waals surface area contributed by atoms with E-state index in [9.17, 15) is 21.6 Å². The smallest absolute Gasteiger partial charge is 0.246 e. The molecular weight excluding hydrogens is 329 g/mol.